The van der Waals surface area contributed by atoms with E-state index in [1.54, 1.807) is 27.0 Å². The molecular formula is C12H16O3. The molecule has 82 valence electrons. The maximum Gasteiger partial charge on any atom is 0.313 e. The van der Waals surface area contributed by atoms with Gasteiger partial charge in [0.1, 0.15) is 0 Å². The minimum absolute atomic E-state index is 0.144. The van der Waals surface area contributed by atoms with Crippen LogP contribution in [0.1, 0.15) is 19.4 Å². The van der Waals surface area contributed by atoms with Gasteiger partial charge in [-0.15, -0.1) is 0 Å². The molecule has 0 aliphatic rings. The largest absolute Gasteiger partial charge is 0.493 e. The predicted molar refractivity (Wildman–Crippen MR) is 58.2 cm³/mol. The van der Waals surface area contributed by atoms with Gasteiger partial charge in [0.05, 0.1) is 13.0 Å². The topological polar surface area (TPSA) is 35.5 Å². The molecule has 15 heavy (non-hydrogen) atoms. The quantitative estimate of drug-likeness (QED) is 0.565. The molecule has 0 atom stereocenters. The lowest BCUT2D eigenvalue weighted by atomic mass is 10.2. The summed E-state index contributed by atoms with van der Waals surface area (Å²) in [5.74, 6) is 0.708. The summed E-state index contributed by atoms with van der Waals surface area (Å²) < 4.78 is 10.4. The number of hydrogen-bond donors (Lipinski definition) is 0. The zero-order valence-electron chi connectivity index (χ0n) is 9.53. The molecule has 0 aromatic heterocycles. The van der Waals surface area contributed by atoms with Gasteiger partial charge in [-0.2, -0.15) is 0 Å². The molecule has 0 heterocycles. The molecule has 0 unspecified atom stereocenters. The van der Waals surface area contributed by atoms with Crippen molar-refractivity contribution in [3.8, 4) is 11.5 Å². The minimum Gasteiger partial charge on any atom is -0.493 e. The van der Waals surface area contributed by atoms with Gasteiger partial charge in [-0.3, -0.25) is 4.79 Å². The molecule has 0 N–H and O–H groups in total. The zero-order chi connectivity index (χ0) is 11.4. The first kappa shape index (κ1) is 11.6. The molecule has 0 radical (unpaired) electrons. The Hall–Kier alpha value is -1.51. The Balaban J connectivity index is 2.97. The highest BCUT2D eigenvalue weighted by Crippen LogP contribution is 2.30. The van der Waals surface area contributed by atoms with Gasteiger partial charge in [-0.25, -0.2) is 0 Å². The van der Waals surface area contributed by atoms with Crippen LogP contribution in [0.15, 0.2) is 18.2 Å². The highest BCUT2D eigenvalue weighted by molar-refractivity contribution is 5.75. The number of para-hydroxylation sites is 1. The Labute approximate surface area is 90.0 Å². The first-order valence-corrected chi connectivity index (χ1v) is 4.91. The van der Waals surface area contributed by atoms with Crippen molar-refractivity contribution in [2.75, 3.05) is 7.11 Å². The lowest BCUT2D eigenvalue weighted by Gasteiger charge is -2.12. The number of hydrogen-bond acceptors (Lipinski definition) is 3. The lowest BCUT2D eigenvalue weighted by Crippen LogP contribution is -2.15. The molecule has 0 saturated heterocycles. The van der Waals surface area contributed by atoms with Gasteiger partial charge in [0.15, 0.2) is 11.5 Å². The summed E-state index contributed by atoms with van der Waals surface area (Å²) in [6, 6.07) is 5.52. The summed E-state index contributed by atoms with van der Waals surface area (Å²) >= 11 is 0. The molecule has 3 nitrogen and oxygen atoms in total. The average Bonchev–Trinajstić information content (AvgIpc) is 2.20. The van der Waals surface area contributed by atoms with Crippen LogP contribution >= 0.6 is 0 Å². The summed E-state index contributed by atoms with van der Waals surface area (Å²) in [6.07, 6.45) is 0. The number of rotatable bonds is 3. The molecule has 3 heteroatoms. The second kappa shape index (κ2) is 4.82. The van der Waals surface area contributed by atoms with Crippen molar-refractivity contribution in [1.82, 2.24) is 0 Å². The normalized spacial score (nSPS) is 10.2. The fourth-order valence-electron chi connectivity index (χ4n) is 1.14. The molecular weight excluding hydrogens is 192 g/mol. The average molecular weight is 208 g/mol. The SMILES string of the molecule is COc1cccc(C)c1OC(=O)C(C)C. The van der Waals surface area contributed by atoms with E-state index in [1.165, 1.54) is 0 Å². The van der Waals surface area contributed by atoms with Gasteiger partial charge in [0.25, 0.3) is 0 Å². The van der Waals surface area contributed by atoms with Crippen molar-refractivity contribution >= 4 is 5.97 Å². The molecule has 1 rings (SSSR count). The van der Waals surface area contributed by atoms with Crippen LogP contribution in [0.3, 0.4) is 0 Å². The van der Waals surface area contributed by atoms with Gasteiger partial charge in [0, 0.05) is 0 Å². The van der Waals surface area contributed by atoms with Crippen LogP contribution in [0, 0.1) is 12.8 Å². The fourth-order valence-corrected chi connectivity index (χ4v) is 1.14. The van der Waals surface area contributed by atoms with Crippen molar-refractivity contribution in [2.45, 2.75) is 20.8 Å². The van der Waals surface area contributed by atoms with Crippen LogP contribution in [0.5, 0.6) is 11.5 Å². The highest BCUT2D eigenvalue weighted by Gasteiger charge is 2.14. The summed E-state index contributed by atoms with van der Waals surface area (Å²) in [5.41, 5.74) is 0.892. The number of carbonyl (C=O) groups is 1. The number of ether oxygens (including phenoxy) is 2. The van der Waals surface area contributed by atoms with E-state index in [4.69, 9.17) is 9.47 Å². The van der Waals surface area contributed by atoms with Gasteiger partial charge >= 0.3 is 5.97 Å². The number of methoxy groups -OCH3 is 1. The van der Waals surface area contributed by atoms with E-state index in [0.29, 0.717) is 11.5 Å². The van der Waals surface area contributed by atoms with E-state index in [9.17, 15) is 4.79 Å². The monoisotopic (exact) mass is 208 g/mol. The van der Waals surface area contributed by atoms with Crippen LogP contribution in [0.4, 0.5) is 0 Å². The number of esters is 1. The number of benzene rings is 1. The van der Waals surface area contributed by atoms with Crippen LogP contribution in [-0.2, 0) is 4.79 Å². The summed E-state index contributed by atoms with van der Waals surface area (Å²) in [4.78, 5) is 11.5. The van der Waals surface area contributed by atoms with Gasteiger partial charge in [-0.1, -0.05) is 26.0 Å². The molecule has 0 amide bonds. The molecule has 0 aliphatic heterocycles. The van der Waals surface area contributed by atoms with E-state index >= 15 is 0 Å². The molecule has 0 fully saturated rings. The zero-order valence-corrected chi connectivity index (χ0v) is 9.53. The van der Waals surface area contributed by atoms with E-state index in [-0.39, 0.29) is 11.9 Å². The van der Waals surface area contributed by atoms with Gasteiger partial charge < -0.3 is 9.47 Å². The van der Waals surface area contributed by atoms with E-state index in [0.717, 1.165) is 5.56 Å². The van der Waals surface area contributed by atoms with Crippen LogP contribution < -0.4 is 9.47 Å². The smallest absolute Gasteiger partial charge is 0.313 e. The van der Waals surface area contributed by atoms with Crippen LogP contribution in [0.25, 0.3) is 0 Å². The Bertz CT molecular complexity index is 356. The molecule has 0 saturated carbocycles. The van der Waals surface area contributed by atoms with Crippen molar-refractivity contribution in [1.29, 1.82) is 0 Å². The Morgan fingerprint density at radius 2 is 2.00 bits per heavy atom. The standard InChI is InChI=1S/C12H16O3/c1-8(2)12(13)15-11-9(3)6-5-7-10(11)14-4/h5-8H,1-4H3. The summed E-state index contributed by atoms with van der Waals surface area (Å²) in [5, 5.41) is 0. The fraction of sp³-hybridized carbons (Fsp3) is 0.417. The second-order valence-electron chi connectivity index (χ2n) is 3.68. The highest BCUT2D eigenvalue weighted by atomic mass is 16.6. The minimum atomic E-state index is -0.248. The first-order chi connectivity index (χ1) is 7.06. The third kappa shape index (κ3) is 2.72. The summed E-state index contributed by atoms with van der Waals surface area (Å²) in [6.45, 7) is 5.48. The van der Waals surface area contributed by atoms with E-state index < -0.39 is 0 Å². The van der Waals surface area contributed by atoms with Crippen molar-refractivity contribution < 1.29 is 14.3 Å². The lowest BCUT2D eigenvalue weighted by molar-refractivity contribution is -0.137. The number of carbonyl (C=O) groups excluding carboxylic acids is 1. The third-order valence-electron chi connectivity index (χ3n) is 2.07. The molecule has 0 spiro atoms. The first-order valence-electron chi connectivity index (χ1n) is 4.91. The Morgan fingerprint density at radius 3 is 2.53 bits per heavy atom. The Kier molecular flexibility index (Phi) is 3.72. The number of aryl methyl sites for hydroxylation is 1. The molecule has 1 aromatic carbocycles. The second-order valence-corrected chi connectivity index (χ2v) is 3.68. The van der Waals surface area contributed by atoms with Crippen molar-refractivity contribution in [3.63, 3.8) is 0 Å². The van der Waals surface area contributed by atoms with E-state index in [2.05, 4.69) is 0 Å². The van der Waals surface area contributed by atoms with E-state index in [1.807, 2.05) is 19.1 Å². The van der Waals surface area contributed by atoms with Crippen molar-refractivity contribution in [2.24, 2.45) is 5.92 Å². The van der Waals surface area contributed by atoms with Crippen LogP contribution in [0.2, 0.25) is 0 Å². The predicted octanol–water partition coefficient (Wildman–Crippen LogP) is 2.57. The summed E-state index contributed by atoms with van der Waals surface area (Å²) in [7, 11) is 1.56. The maximum atomic E-state index is 11.5. The van der Waals surface area contributed by atoms with Gasteiger partial charge in [-0.05, 0) is 18.6 Å². The Morgan fingerprint density at radius 1 is 1.33 bits per heavy atom. The van der Waals surface area contributed by atoms with Crippen molar-refractivity contribution in [3.05, 3.63) is 23.8 Å². The third-order valence-corrected chi connectivity index (χ3v) is 2.07. The molecule has 0 bridgehead atoms. The molecule has 0 aliphatic carbocycles. The van der Waals surface area contributed by atoms with Crippen LogP contribution in [-0.4, -0.2) is 13.1 Å². The molecule has 1 aromatic rings. The maximum absolute atomic E-state index is 11.5. The van der Waals surface area contributed by atoms with Gasteiger partial charge in [0.2, 0.25) is 0 Å².